The molecule has 4 aromatic rings. The van der Waals surface area contributed by atoms with E-state index in [2.05, 4.69) is 15.5 Å². The highest BCUT2D eigenvalue weighted by Gasteiger charge is 2.11. The van der Waals surface area contributed by atoms with Gasteiger partial charge in [-0.15, -0.1) is 0 Å². The summed E-state index contributed by atoms with van der Waals surface area (Å²) in [6.45, 7) is 0.186. The van der Waals surface area contributed by atoms with Gasteiger partial charge in [0, 0.05) is 11.1 Å². The molecule has 1 N–H and O–H groups in total. The van der Waals surface area contributed by atoms with E-state index in [0.29, 0.717) is 17.3 Å². The lowest BCUT2D eigenvalue weighted by Crippen LogP contribution is -2.22. The highest BCUT2D eigenvalue weighted by molar-refractivity contribution is 5.98. The Morgan fingerprint density at radius 3 is 2.52 bits per heavy atom. The lowest BCUT2D eigenvalue weighted by molar-refractivity contribution is 0.0946. The molecule has 5 heteroatoms. The fourth-order valence-corrected chi connectivity index (χ4v) is 2.62. The summed E-state index contributed by atoms with van der Waals surface area (Å²) in [7, 11) is 0. The molecule has 0 spiro atoms. The van der Waals surface area contributed by atoms with Crippen molar-refractivity contribution in [3.8, 4) is 11.4 Å². The number of carbonyl (C=O) groups excluding carboxylic acids is 1. The molecular weight excluding hydrogens is 314 g/mol. The van der Waals surface area contributed by atoms with E-state index in [0.717, 1.165) is 16.3 Å². The van der Waals surface area contributed by atoms with E-state index in [9.17, 15) is 4.79 Å². The number of hydrogen-bond acceptors (Lipinski definition) is 4. The Kier molecular flexibility index (Phi) is 3.96. The molecule has 0 saturated carbocycles. The summed E-state index contributed by atoms with van der Waals surface area (Å²) in [6, 6.07) is 23.1. The smallest absolute Gasteiger partial charge is 0.251 e. The molecule has 0 saturated heterocycles. The van der Waals surface area contributed by atoms with Gasteiger partial charge >= 0.3 is 0 Å². The first-order valence-corrected chi connectivity index (χ1v) is 7.94. The van der Waals surface area contributed by atoms with Crippen LogP contribution in [0, 0.1) is 0 Å². The quantitative estimate of drug-likeness (QED) is 0.618. The Morgan fingerprint density at radius 1 is 0.920 bits per heavy atom. The van der Waals surface area contributed by atoms with Crippen LogP contribution in [0.25, 0.3) is 22.2 Å². The van der Waals surface area contributed by atoms with Gasteiger partial charge in [0.1, 0.15) is 0 Å². The van der Waals surface area contributed by atoms with Gasteiger partial charge in [-0.2, -0.15) is 4.98 Å². The monoisotopic (exact) mass is 329 g/mol. The number of rotatable bonds is 4. The van der Waals surface area contributed by atoms with Gasteiger partial charge in [-0.05, 0) is 22.9 Å². The van der Waals surface area contributed by atoms with E-state index in [1.165, 1.54) is 0 Å². The third-order valence-corrected chi connectivity index (χ3v) is 3.91. The highest BCUT2D eigenvalue weighted by Crippen LogP contribution is 2.16. The average molecular weight is 329 g/mol. The van der Waals surface area contributed by atoms with Crippen LogP contribution in [-0.2, 0) is 6.54 Å². The second-order valence-electron chi connectivity index (χ2n) is 5.62. The lowest BCUT2D eigenvalue weighted by atomic mass is 10.1. The summed E-state index contributed by atoms with van der Waals surface area (Å²) in [5.74, 6) is 0.703. The predicted octanol–water partition coefficient (Wildman–Crippen LogP) is 3.82. The zero-order valence-corrected chi connectivity index (χ0v) is 13.3. The first-order chi connectivity index (χ1) is 12.3. The molecule has 0 fully saturated rings. The molecule has 3 aromatic carbocycles. The number of benzene rings is 3. The molecule has 0 aliphatic rings. The Morgan fingerprint density at radius 2 is 1.68 bits per heavy atom. The van der Waals surface area contributed by atoms with Crippen LogP contribution < -0.4 is 5.32 Å². The maximum absolute atomic E-state index is 12.3. The topological polar surface area (TPSA) is 68.0 Å². The summed E-state index contributed by atoms with van der Waals surface area (Å²) in [5, 5.41) is 8.88. The van der Waals surface area contributed by atoms with Crippen molar-refractivity contribution in [1.82, 2.24) is 15.5 Å². The van der Waals surface area contributed by atoms with Crippen molar-refractivity contribution in [3.05, 3.63) is 84.3 Å². The van der Waals surface area contributed by atoms with E-state index in [1.54, 1.807) is 6.07 Å². The molecule has 25 heavy (non-hydrogen) atoms. The number of amides is 1. The fraction of sp³-hybridized carbons (Fsp3) is 0.0500. The highest BCUT2D eigenvalue weighted by atomic mass is 16.5. The van der Waals surface area contributed by atoms with Crippen LogP contribution in [0.2, 0.25) is 0 Å². The standard InChI is InChI=1S/C20H15N3O2/c24-20(17-11-10-14-6-4-5-9-16(14)12-17)21-13-18-22-19(23-25-18)15-7-2-1-3-8-15/h1-12H,13H2,(H,21,24). The molecule has 0 bridgehead atoms. The van der Waals surface area contributed by atoms with Crippen LogP contribution in [0.3, 0.4) is 0 Å². The molecule has 1 aromatic heterocycles. The van der Waals surface area contributed by atoms with Gasteiger partial charge < -0.3 is 9.84 Å². The van der Waals surface area contributed by atoms with E-state index >= 15 is 0 Å². The van der Waals surface area contributed by atoms with Crippen LogP contribution in [0.15, 0.2) is 77.3 Å². The molecule has 0 radical (unpaired) electrons. The molecule has 1 amide bonds. The first kappa shape index (κ1) is 15.1. The molecule has 5 nitrogen and oxygen atoms in total. The van der Waals surface area contributed by atoms with Crippen LogP contribution in [0.5, 0.6) is 0 Å². The Labute approximate surface area is 144 Å². The molecule has 122 valence electrons. The Bertz CT molecular complexity index is 1030. The second kappa shape index (κ2) is 6.57. The third kappa shape index (κ3) is 3.26. The summed E-state index contributed by atoms with van der Waals surface area (Å²) < 4.78 is 5.20. The molecule has 1 heterocycles. The number of hydrogen-bond donors (Lipinski definition) is 1. The molecule has 0 aliphatic carbocycles. The number of nitrogens with one attached hydrogen (secondary N) is 1. The van der Waals surface area contributed by atoms with Gasteiger partial charge in [-0.3, -0.25) is 4.79 Å². The maximum atomic E-state index is 12.3. The van der Waals surface area contributed by atoms with Gasteiger partial charge in [0.2, 0.25) is 11.7 Å². The van der Waals surface area contributed by atoms with Gasteiger partial charge in [-0.1, -0.05) is 65.8 Å². The largest absolute Gasteiger partial charge is 0.343 e. The van der Waals surface area contributed by atoms with Crippen molar-refractivity contribution in [2.45, 2.75) is 6.54 Å². The summed E-state index contributed by atoms with van der Waals surface area (Å²) in [5.41, 5.74) is 1.47. The number of aromatic nitrogens is 2. The van der Waals surface area contributed by atoms with Crippen molar-refractivity contribution < 1.29 is 9.32 Å². The van der Waals surface area contributed by atoms with Crippen molar-refractivity contribution in [2.75, 3.05) is 0 Å². The zero-order valence-electron chi connectivity index (χ0n) is 13.3. The summed E-state index contributed by atoms with van der Waals surface area (Å²) >= 11 is 0. The van der Waals surface area contributed by atoms with Gasteiger partial charge in [0.05, 0.1) is 6.54 Å². The van der Waals surface area contributed by atoms with Crippen LogP contribution in [0.1, 0.15) is 16.2 Å². The molecule has 4 rings (SSSR count). The fourth-order valence-electron chi connectivity index (χ4n) is 2.62. The van der Waals surface area contributed by atoms with Gasteiger partial charge in [0.25, 0.3) is 5.91 Å². The van der Waals surface area contributed by atoms with Crippen molar-refractivity contribution in [2.24, 2.45) is 0 Å². The lowest BCUT2D eigenvalue weighted by Gasteiger charge is -2.04. The van der Waals surface area contributed by atoms with E-state index in [4.69, 9.17) is 4.52 Å². The minimum atomic E-state index is -0.176. The summed E-state index contributed by atoms with van der Waals surface area (Å²) in [6.07, 6.45) is 0. The minimum absolute atomic E-state index is 0.176. The molecule has 0 atom stereocenters. The maximum Gasteiger partial charge on any atom is 0.251 e. The zero-order chi connectivity index (χ0) is 17.1. The third-order valence-electron chi connectivity index (χ3n) is 3.91. The minimum Gasteiger partial charge on any atom is -0.343 e. The average Bonchev–Trinajstić information content (AvgIpc) is 3.15. The normalized spacial score (nSPS) is 10.7. The number of carbonyl (C=O) groups is 1. The predicted molar refractivity (Wildman–Crippen MR) is 94.9 cm³/mol. The number of fused-ring (bicyclic) bond motifs is 1. The summed E-state index contributed by atoms with van der Waals surface area (Å²) in [4.78, 5) is 16.6. The van der Waals surface area contributed by atoms with Crippen LogP contribution in [0.4, 0.5) is 0 Å². The Balaban J connectivity index is 1.45. The molecular formula is C20H15N3O2. The van der Waals surface area contributed by atoms with E-state index < -0.39 is 0 Å². The Hall–Kier alpha value is -3.47. The van der Waals surface area contributed by atoms with Gasteiger partial charge in [-0.25, -0.2) is 0 Å². The van der Waals surface area contributed by atoms with Gasteiger partial charge in [0.15, 0.2) is 0 Å². The molecule has 0 aliphatic heterocycles. The van der Waals surface area contributed by atoms with Crippen molar-refractivity contribution >= 4 is 16.7 Å². The van der Waals surface area contributed by atoms with Crippen LogP contribution >= 0.6 is 0 Å². The van der Waals surface area contributed by atoms with E-state index in [1.807, 2.05) is 66.7 Å². The first-order valence-electron chi connectivity index (χ1n) is 7.94. The second-order valence-corrected chi connectivity index (χ2v) is 5.62. The van der Waals surface area contributed by atoms with Crippen molar-refractivity contribution in [1.29, 1.82) is 0 Å². The van der Waals surface area contributed by atoms with Crippen molar-refractivity contribution in [3.63, 3.8) is 0 Å². The molecule has 0 unspecified atom stereocenters. The number of nitrogens with zero attached hydrogens (tertiary/aromatic N) is 2. The van der Waals surface area contributed by atoms with E-state index in [-0.39, 0.29) is 12.5 Å². The van der Waals surface area contributed by atoms with Crippen LogP contribution in [-0.4, -0.2) is 16.0 Å². The SMILES string of the molecule is O=C(NCc1nc(-c2ccccc2)no1)c1ccc2ccccc2c1.